The van der Waals surface area contributed by atoms with Crippen LogP contribution in [0.15, 0.2) is 41.6 Å². The maximum absolute atomic E-state index is 13.1. The molecular weight excluding hydrogens is 468 g/mol. The fourth-order valence-electron chi connectivity index (χ4n) is 4.58. The van der Waals surface area contributed by atoms with Crippen molar-refractivity contribution < 1.29 is 23.1 Å². The van der Waals surface area contributed by atoms with E-state index in [4.69, 9.17) is 5.11 Å². The molecule has 4 rings (SSSR count). The minimum atomic E-state index is -3.78. The second-order valence-corrected chi connectivity index (χ2v) is 11.5. The molecule has 0 radical (unpaired) electrons. The molecule has 1 aromatic carbocycles. The Labute approximate surface area is 205 Å². The Hall–Kier alpha value is -3.01. The van der Waals surface area contributed by atoms with Crippen molar-refractivity contribution in [2.45, 2.75) is 68.7 Å². The standard InChI is InChI=1S/C25H32N4O5S/c30-24(31)11-6-14-35(33,34)22-10-5-4-9-20(22)28-25(32)21-15-23(27-17-26-21)29(16-18-12-13-18)19-7-2-1-3-8-19/h4-5,9-10,15,17-19H,1-3,6-8,11-14,16H2,(H,28,32)(H,30,31). The van der Waals surface area contributed by atoms with Gasteiger partial charge >= 0.3 is 5.97 Å². The number of carboxylic acid groups (broad SMARTS) is 1. The largest absolute Gasteiger partial charge is 0.481 e. The van der Waals surface area contributed by atoms with E-state index in [1.807, 2.05) is 0 Å². The van der Waals surface area contributed by atoms with Gasteiger partial charge in [-0.25, -0.2) is 18.4 Å². The molecule has 2 aromatic rings. The number of aromatic nitrogens is 2. The summed E-state index contributed by atoms with van der Waals surface area (Å²) in [5.74, 6) is -0.482. The number of amides is 1. The Morgan fingerprint density at radius 3 is 2.51 bits per heavy atom. The highest BCUT2D eigenvalue weighted by molar-refractivity contribution is 7.91. The van der Waals surface area contributed by atoms with Crippen molar-refractivity contribution in [1.82, 2.24) is 9.97 Å². The van der Waals surface area contributed by atoms with Crippen LogP contribution in [0.2, 0.25) is 0 Å². The summed E-state index contributed by atoms with van der Waals surface area (Å²) in [6.07, 6.45) is 9.47. The molecule has 10 heteroatoms. The Balaban J connectivity index is 1.52. The number of para-hydroxylation sites is 1. The monoisotopic (exact) mass is 500 g/mol. The van der Waals surface area contributed by atoms with E-state index in [9.17, 15) is 18.0 Å². The summed E-state index contributed by atoms with van der Waals surface area (Å²) in [5.41, 5.74) is 0.319. The normalized spacial score (nSPS) is 16.6. The van der Waals surface area contributed by atoms with Gasteiger partial charge in [-0.05, 0) is 50.2 Å². The van der Waals surface area contributed by atoms with Crippen LogP contribution in [0.5, 0.6) is 0 Å². The quantitative estimate of drug-likeness (QED) is 0.475. The van der Waals surface area contributed by atoms with E-state index in [-0.39, 0.29) is 34.9 Å². The van der Waals surface area contributed by atoms with E-state index in [2.05, 4.69) is 20.2 Å². The minimum Gasteiger partial charge on any atom is -0.481 e. The molecule has 0 aliphatic heterocycles. The minimum absolute atomic E-state index is 0.00673. The van der Waals surface area contributed by atoms with Crippen LogP contribution in [0.4, 0.5) is 11.5 Å². The molecule has 0 bridgehead atoms. The molecule has 35 heavy (non-hydrogen) atoms. The van der Waals surface area contributed by atoms with E-state index >= 15 is 0 Å². The maximum atomic E-state index is 13.1. The van der Waals surface area contributed by atoms with Crippen molar-refractivity contribution in [2.24, 2.45) is 5.92 Å². The van der Waals surface area contributed by atoms with Gasteiger partial charge in [-0.3, -0.25) is 9.59 Å². The summed E-state index contributed by atoms with van der Waals surface area (Å²) in [7, 11) is -3.78. The van der Waals surface area contributed by atoms with Gasteiger partial charge in [0.2, 0.25) is 0 Å². The van der Waals surface area contributed by atoms with E-state index < -0.39 is 21.7 Å². The highest BCUT2D eigenvalue weighted by atomic mass is 32.2. The van der Waals surface area contributed by atoms with Crippen molar-refractivity contribution in [3.8, 4) is 0 Å². The van der Waals surface area contributed by atoms with Gasteiger partial charge < -0.3 is 15.3 Å². The number of carboxylic acids is 1. The molecule has 2 aliphatic carbocycles. The third-order valence-corrected chi connectivity index (χ3v) is 8.47. The first-order valence-corrected chi connectivity index (χ1v) is 13.9. The summed E-state index contributed by atoms with van der Waals surface area (Å²) in [6.45, 7) is 0.931. The fourth-order valence-corrected chi connectivity index (χ4v) is 6.06. The number of hydrogen-bond donors (Lipinski definition) is 2. The maximum Gasteiger partial charge on any atom is 0.303 e. The van der Waals surface area contributed by atoms with Crippen molar-refractivity contribution in [2.75, 3.05) is 22.5 Å². The van der Waals surface area contributed by atoms with Crippen LogP contribution >= 0.6 is 0 Å². The third-order valence-electron chi connectivity index (χ3n) is 6.62. The number of sulfone groups is 1. The van der Waals surface area contributed by atoms with Crippen LogP contribution in [-0.2, 0) is 14.6 Å². The van der Waals surface area contributed by atoms with Crippen molar-refractivity contribution in [1.29, 1.82) is 0 Å². The van der Waals surface area contributed by atoms with Crippen LogP contribution < -0.4 is 10.2 Å². The van der Waals surface area contributed by atoms with Gasteiger partial charge in [0.25, 0.3) is 5.91 Å². The summed E-state index contributed by atoms with van der Waals surface area (Å²) in [6, 6.07) is 8.24. The molecule has 0 unspecified atom stereocenters. The molecule has 1 aromatic heterocycles. The van der Waals surface area contributed by atoms with Crippen LogP contribution in [0.25, 0.3) is 0 Å². The lowest BCUT2D eigenvalue weighted by molar-refractivity contribution is -0.137. The summed E-state index contributed by atoms with van der Waals surface area (Å²) in [5, 5.41) is 11.5. The number of nitrogens with one attached hydrogen (secondary N) is 1. The lowest BCUT2D eigenvalue weighted by atomic mass is 9.94. The second-order valence-electron chi connectivity index (χ2n) is 9.42. The highest BCUT2D eigenvalue weighted by Gasteiger charge is 2.30. The van der Waals surface area contributed by atoms with Gasteiger partial charge in [0.15, 0.2) is 9.84 Å². The first-order chi connectivity index (χ1) is 16.8. The predicted octanol–water partition coefficient (Wildman–Crippen LogP) is 3.92. The number of nitrogens with zero attached hydrogens (tertiary/aromatic N) is 3. The first kappa shape index (κ1) is 25.1. The molecule has 2 fully saturated rings. The van der Waals surface area contributed by atoms with Gasteiger partial charge in [-0.2, -0.15) is 0 Å². The lowest BCUT2D eigenvalue weighted by Crippen LogP contribution is -2.39. The van der Waals surface area contributed by atoms with Gasteiger partial charge in [0, 0.05) is 25.1 Å². The van der Waals surface area contributed by atoms with E-state index in [0.717, 1.165) is 25.2 Å². The molecular formula is C25H32N4O5S. The summed E-state index contributed by atoms with van der Waals surface area (Å²) in [4.78, 5) is 34.8. The number of aliphatic carboxylic acids is 1. The topological polar surface area (TPSA) is 130 Å². The Kier molecular flexibility index (Phi) is 8.00. The second kappa shape index (κ2) is 11.2. The van der Waals surface area contributed by atoms with Gasteiger partial charge in [-0.15, -0.1) is 0 Å². The van der Waals surface area contributed by atoms with E-state index in [1.54, 1.807) is 18.2 Å². The molecule has 1 amide bonds. The Bertz CT molecular complexity index is 1160. The molecule has 1 heterocycles. The van der Waals surface area contributed by atoms with Crippen LogP contribution in [0, 0.1) is 5.92 Å². The predicted molar refractivity (Wildman–Crippen MR) is 132 cm³/mol. The van der Waals surface area contributed by atoms with Crippen molar-refractivity contribution in [3.63, 3.8) is 0 Å². The van der Waals surface area contributed by atoms with Gasteiger partial charge in [0.05, 0.1) is 16.3 Å². The number of anilines is 2. The molecule has 2 saturated carbocycles. The highest BCUT2D eigenvalue weighted by Crippen LogP contribution is 2.34. The number of hydrogen-bond acceptors (Lipinski definition) is 7. The SMILES string of the molecule is O=C(O)CCCS(=O)(=O)c1ccccc1NC(=O)c1cc(N(CC2CC2)C2CCCCC2)ncn1. The van der Waals surface area contributed by atoms with Gasteiger partial charge in [-0.1, -0.05) is 31.4 Å². The zero-order valence-corrected chi connectivity index (χ0v) is 20.5. The molecule has 188 valence electrons. The molecule has 0 atom stereocenters. The zero-order valence-electron chi connectivity index (χ0n) is 19.7. The molecule has 0 spiro atoms. The smallest absolute Gasteiger partial charge is 0.303 e. The Morgan fingerprint density at radius 1 is 1.06 bits per heavy atom. The average molecular weight is 501 g/mol. The molecule has 9 nitrogen and oxygen atoms in total. The van der Waals surface area contributed by atoms with Crippen LogP contribution in [-0.4, -0.2) is 53.7 Å². The van der Waals surface area contributed by atoms with Crippen LogP contribution in [0.1, 0.15) is 68.3 Å². The average Bonchev–Trinajstić information content (AvgIpc) is 3.67. The number of benzene rings is 1. The van der Waals surface area contributed by atoms with E-state index in [1.165, 1.54) is 50.6 Å². The van der Waals surface area contributed by atoms with Crippen molar-refractivity contribution in [3.05, 3.63) is 42.4 Å². The number of carbonyl (C=O) groups excluding carboxylic acids is 1. The lowest BCUT2D eigenvalue weighted by Gasteiger charge is -2.35. The van der Waals surface area contributed by atoms with Crippen LogP contribution in [0.3, 0.4) is 0 Å². The summed E-state index contributed by atoms with van der Waals surface area (Å²) < 4.78 is 25.6. The van der Waals surface area contributed by atoms with Crippen molar-refractivity contribution >= 4 is 33.2 Å². The number of rotatable bonds is 11. The zero-order chi connectivity index (χ0) is 24.8. The molecule has 2 N–H and O–H groups in total. The Morgan fingerprint density at radius 2 is 1.80 bits per heavy atom. The molecule has 0 saturated heterocycles. The fraction of sp³-hybridized carbons (Fsp3) is 0.520. The molecule has 2 aliphatic rings. The number of carbonyl (C=O) groups is 2. The van der Waals surface area contributed by atoms with Gasteiger partial charge in [0.1, 0.15) is 17.8 Å². The third kappa shape index (κ3) is 6.78. The van der Waals surface area contributed by atoms with E-state index in [0.29, 0.717) is 12.0 Å². The first-order valence-electron chi connectivity index (χ1n) is 12.3. The summed E-state index contributed by atoms with van der Waals surface area (Å²) >= 11 is 0.